The number of fused-ring (bicyclic) bond motifs is 1. The molecule has 3 rings (SSSR count). The van der Waals surface area contributed by atoms with E-state index < -0.39 is 23.9 Å². The van der Waals surface area contributed by atoms with Crippen LogP contribution in [0.1, 0.15) is 25.3 Å². The van der Waals surface area contributed by atoms with Gasteiger partial charge in [-0.25, -0.2) is 19.4 Å². The average Bonchev–Trinajstić information content (AvgIpc) is 2.76. The highest BCUT2D eigenvalue weighted by atomic mass is 17.2. The third-order valence-corrected chi connectivity index (χ3v) is 4.56. The van der Waals surface area contributed by atoms with E-state index in [9.17, 15) is 19.2 Å². The number of hydrogen-bond donors (Lipinski definition) is 1. The summed E-state index contributed by atoms with van der Waals surface area (Å²) in [6, 6.07) is 14.0. The van der Waals surface area contributed by atoms with Crippen molar-refractivity contribution in [2.45, 2.75) is 32.8 Å². The van der Waals surface area contributed by atoms with E-state index in [1.807, 2.05) is 19.1 Å². The van der Waals surface area contributed by atoms with E-state index in [2.05, 4.69) is 15.1 Å². The molecule has 0 bridgehead atoms. The normalized spacial score (nSPS) is 13.5. The van der Waals surface area contributed by atoms with Gasteiger partial charge in [0, 0.05) is 6.42 Å². The first-order chi connectivity index (χ1) is 14.8. The van der Waals surface area contributed by atoms with Gasteiger partial charge >= 0.3 is 11.9 Å². The molecule has 1 unspecified atom stereocenters. The maximum absolute atomic E-state index is 12.5. The van der Waals surface area contributed by atoms with Crippen LogP contribution in [0.25, 0.3) is 0 Å². The molecule has 9 heteroatoms. The highest BCUT2D eigenvalue weighted by Crippen LogP contribution is 2.29. The fourth-order valence-corrected chi connectivity index (χ4v) is 2.92. The van der Waals surface area contributed by atoms with Gasteiger partial charge in [0.1, 0.15) is 12.3 Å². The summed E-state index contributed by atoms with van der Waals surface area (Å²) in [4.78, 5) is 58.5. The van der Waals surface area contributed by atoms with Crippen molar-refractivity contribution in [3.05, 3.63) is 54.1 Å². The van der Waals surface area contributed by atoms with Crippen LogP contribution in [0.4, 0.5) is 11.4 Å². The molecule has 31 heavy (non-hydrogen) atoms. The van der Waals surface area contributed by atoms with Crippen molar-refractivity contribution in [3.8, 4) is 5.75 Å². The minimum atomic E-state index is -1.00. The molecule has 0 aliphatic carbocycles. The summed E-state index contributed by atoms with van der Waals surface area (Å²) in [5, 5.41) is 2.68. The molecule has 162 valence electrons. The molecule has 0 spiro atoms. The second-order valence-corrected chi connectivity index (χ2v) is 6.93. The summed E-state index contributed by atoms with van der Waals surface area (Å²) >= 11 is 0. The standard InChI is InChI=1S/C22H22N2O7/c1-14-7-3-6-10-18(14)29-15(2)22(28)31-30-21(27)12-11-20(26)24-13-19(25)23-16-8-4-5-9-17(16)24/h3-10,15H,11-13H2,1-2H3,(H,23,25). The predicted octanol–water partition coefficient (Wildman–Crippen LogP) is 2.53. The quantitative estimate of drug-likeness (QED) is 0.558. The molecule has 0 saturated heterocycles. The van der Waals surface area contributed by atoms with E-state index >= 15 is 0 Å². The molecular formula is C22H22N2O7. The summed E-state index contributed by atoms with van der Waals surface area (Å²) in [5.74, 6) is -2.02. The van der Waals surface area contributed by atoms with Crippen molar-refractivity contribution < 1.29 is 33.7 Å². The second-order valence-electron chi connectivity index (χ2n) is 6.93. The summed E-state index contributed by atoms with van der Waals surface area (Å²) in [5.41, 5.74) is 1.91. The Morgan fingerprint density at radius 1 is 1.03 bits per heavy atom. The first-order valence-electron chi connectivity index (χ1n) is 9.68. The van der Waals surface area contributed by atoms with Gasteiger partial charge < -0.3 is 15.0 Å². The number of carbonyl (C=O) groups is 4. The minimum Gasteiger partial charge on any atom is -0.479 e. The van der Waals surface area contributed by atoms with E-state index in [-0.39, 0.29) is 25.3 Å². The Labute approximate surface area is 178 Å². The van der Waals surface area contributed by atoms with Gasteiger partial charge in [-0.2, -0.15) is 0 Å². The lowest BCUT2D eigenvalue weighted by atomic mass is 10.1. The molecule has 1 atom stereocenters. The van der Waals surface area contributed by atoms with Gasteiger partial charge in [-0.1, -0.05) is 30.3 Å². The Kier molecular flexibility index (Phi) is 6.86. The molecule has 2 aromatic rings. The Bertz CT molecular complexity index is 1000. The lowest BCUT2D eigenvalue weighted by molar-refractivity contribution is -0.263. The van der Waals surface area contributed by atoms with E-state index in [1.165, 1.54) is 11.8 Å². The Morgan fingerprint density at radius 3 is 2.52 bits per heavy atom. The van der Waals surface area contributed by atoms with Gasteiger partial charge in [0.05, 0.1) is 17.8 Å². The number of rotatable bonds is 6. The first kappa shape index (κ1) is 21.8. The van der Waals surface area contributed by atoms with E-state index in [0.717, 1.165) is 5.56 Å². The van der Waals surface area contributed by atoms with E-state index in [0.29, 0.717) is 17.1 Å². The van der Waals surface area contributed by atoms with Crippen LogP contribution < -0.4 is 15.0 Å². The van der Waals surface area contributed by atoms with E-state index in [1.54, 1.807) is 36.4 Å². The second kappa shape index (κ2) is 9.75. The van der Waals surface area contributed by atoms with Crippen LogP contribution in [-0.2, 0) is 29.0 Å². The number of para-hydroxylation sites is 3. The van der Waals surface area contributed by atoms with Crippen LogP contribution in [0.2, 0.25) is 0 Å². The van der Waals surface area contributed by atoms with Crippen LogP contribution in [0.3, 0.4) is 0 Å². The van der Waals surface area contributed by atoms with E-state index in [4.69, 9.17) is 4.74 Å². The number of ether oxygens (including phenoxy) is 1. The van der Waals surface area contributed by atoms with Crippen LogP contribution in [-0.4, -0.2) is 36.4 Å². The van der Waals surface area contributed by atoms with Crippen molar-refractivity contribution >= 4 is 35.1 Å². The number of hydrogen-bond acceptors (Lipinski definition) is 7. The number of amides is 2. The fourth-order valence-electron chi connectivity index (χ4n) is 2.92. The van der Waals surface area contributed by atoms with Crippen molar-refractivity contribution in [2.24, 2.45) is 0 Å². The van der Waals surface area contributed by atoms with Crippen molar-refractivity contribution in [3.63, 3.8) is 0 Å². The monoisotopic (exact) mass is 426 g/mol. The third kappa shape index (κ3) is 5.59. The summed E-state index contributed by atoms with van der Waals surface area (Å²) < 4.78 is 5.50. The average molecular weight is 426 g/mol. The number of aryl methyl sites for hydroxylation is 1. The molecule has 1 N–H and O–H groups in total. The number of carbonyl (C=O) groups excluding carboxylic acids is 4. The third-order valence-electron chi connectivity index (χ3n) is 4.56. The van der Waals surface area contributed by atoms with Gasteiger partial charge in [0.2, 0.25) is 11.8 Å². The Morgan fingerprint density at radius 2 is 1.74 bits per heavy atom. The molecule has 0 saturated carbocycles. The predicted molar refractivity (Wildman–Crippen MR) is 110 cm³/mol. The lowest BCUT2D eigenvalue weighted by Crippen LogP contribution is -2.42. The molecule has 0 fully saturated rings. The number of nitrogens with zero attached hydrogens (tertiary/aromatic N) is 1. The molecule has 0 radical (unpaired) electrons. The zero-order valence-corrected chi connectivity index (χ0v) is 17.1. The molecule has 1 aliphatic rings. The highest BCUT2D eigenvalue weighted by molar-refractivity contribution is 6.10. The van der Waals surface area contributed by atoms with Crippen LogP contribution in [0, 0.1) is 6.92 Å². The molecule has 2 amide bonds. The highest BCUT2D eigenvalue weighted by Gasteiger charge is 2.27. The molecule has 0 aromatic heterocycles. The Hall–Kier alpha value is -3.88. The van der Waals surface area contributed by atoms with Crippen LogP contribution >= 0.6 is 0 Å². The van der Waals surface area contributed by atoms with Crippen LogP contribution in [0.5, 0.6) is 5.75 Å². The van der Waals surface area contributed by atoms with Crippen LogP contribution in [0.15, 0.2) is 48.5 Å². The maximum atomic E-state index is 12.5. The van der Waals surface area contributed by atoms with Gasteiger partial charge in [-0.15, -0.1) is 0 Å². The molecular weight excluding hydrogens is 404 g/mol. The Balaban J connectivity index is 1.46. The van der Waals surface area contributed by atoms with Gasteiger partial charge in [0.25, 0.3) is 0 Å². The molecule has 1 aliphatic heterocycles. The SMILES string of the molecule is Cc1ccccc1OC(C)C(=O)OOC(=O)CCC(=O)N1CC(=O)Nc2ccccc21. The minimum absolute atomic E-state index is 0.145. The maximum Gasteiger partial charge on any atom is 0.395 e. The first-order valence-corrected chi connectivity index (χ1v) is 9.68. The van der Waals surface area contributed by atoms with Gasteiger partial charge in [0.15, 0.2) is 6.10 Å². The van der Waals surface area contributed by atoms with Gasteiger partial charge in [-0.3, -0.25) is 9.59 Å². The summed E-state index contributed by atoms with van der Waals surface area (Å²) in [7, 11) is 0. The number of anilines is 2. The lowest BCUT2D eigenvalue weighted by Gasteiger charge is -2.29. The van der Waals surface area contributed by atoms with Crippen molar-refractivity contribution in [2.75, 3.05) is 16.8 Å². The molecule has 2 aromatic carbocycles. The van der Waals surface area contributed by atoms with Crippen molar-refractivity contribution in [1.29, 1.82) is 0 Å². The van der Waals surface area contributed by atoms with Crippen molar-refractivity contribution in [1.82, 2.24) is 0 Å². The smallest absolute Gasteiger partial charge is 0.395 e. The molecule has 9 nitrogen and oxygen atoms in total. The zero-order valence-electron chi connectivity index (χ0n) is 17.1. The topological polar surface area (TPSA) is 111 Å². The summed E-state index contributed by atoms with van der Waals surface area (Å²) in [6.45, 7) is 3.15. The largest absolute Gasteiger partial charge is 0.479 e. The summed E-state index contributed by atoms with van der Waals surface area (Å²) in [6.07, 6.45) is -1.54. The number of benzene rings is 2. The molecule has 1 heterocycles. The number of nitrogens with one attached hydrogen (secondary N) is 1. The fraction of sp³-hybridized carbons (Fsp3) is 0.273. The van der Waals surface area contributed by atoms with Gasteiger partial charge in [-0.05, 0) is 37.6 Å². The zero-order chi connectivity index (χ0) is 22.4.